The average Bonchev–Trinajstić information content (AvgIpc) is 1.58. The lowest BCUT2D eigenvalue weighted by molar-refractivity contribution is -0.437. The first-order valence-corrected chi connectivity index (χ1v) is 47.5. The molecule has 2 aliphatic heterocycles. The molecule has 123 heavy (non-hydrogen) atoms. The molecule has 34 nitrogen and oxygen atoms in total. The van der Waals surface area contributed by atoms with Crippen LogP contribution in [0.5, 0.6) is 11.6 Å². The summed E-state index contributed by atoms with van der Waals surface area (Å²) in [5.74, 6) is -2.30. The van der Waals surface area contributed by atoms with Crippen molar-refractivity contribution in [3.63, 3.8) is 0 Å². The Hall–Kier alpha value is -8.65. The molecule has 0 fully saturated rings. The third-order valence-electron chi connectivity index (χ3n) is 19.8. The van der Waals surface area contributed by atoms with Gasteiger partial charge in [0.1, 0.15) is 27.8 Å². The van der Waals surface area contributed by atoms with Crippen LogP contribution in [0.15, 0.2) is 159 Å². The van der Waals surface area contributed by atoms with E-state index in [-0.39, 0.29) is 153 Å². The molecule has 6 aromatic carbocycles. The number of carbonyl (C=O) groups is 2. The first-order chi connectivity index (χ1) is 57.8. The number of aromatic nitrogens is 1. The number of ether oxygens (including phenoxy) is 8. The minimum atomic E-state index is -5.17. The number of amides is 2. The van der Waals surface area contributed by atoms with Gasteiger partial charge in [0, 0.05) is 95.9 Å². The van der Waals surface area contributed by atoms with E-state index in [0.29, 0.717) is 118 Å². The Morgan fingerprint density at radius 2 is 1.05 bits per heavy atom. The maximum Gasteiger partial charge on any atom is 0.433 e. The van der Waals surface area contributed by atoms with Gasteiger partial charge < -0.3 is 59.2 Å². The molecule has 3 heterocycles. The standard InChI is InChI=1S/C80H97F3N6O28S6/c1-78(2)71(88(27-9-43-118(92,93)94)66-21-19-62-64(75(66)78)49-60(120(98,99)100)51-68(62)122(104,105)106)23-17-56(18-24-72-79(3,4)76-65-50-61(121(101,102)103)52-69(123(107,108)109)63(65)20-22-67(76)89(72)28-10-44-119(95,96)97)57-13-7-12-54(45-57)11-5-6-16-73(90)85-25-29-110-31-33-112-35-37-114-39-41-116-42-40-115-38-36-113-34-32-111-30-26-86-77(91)58-14-8-15-59(48-58)117-74-47-55(53-84)46-70(87-74)80(81,82)83/h7-8,12-15,17-24,45-52H,5-6,9-11,16,25-44,53,84H2,1-4H3,(H7-,85,86,90,91,92,93,94,95,96,97,98,99,100,101,102,103,104,105,106,107,108,109)/p+1. The Bertz CT molecular complexity index is 5870. The number of unbranched alkanes of at least 4 members (excludes halogenated alkanes) is 1. The van der Waals surface area contributed by atoms with Gasteiger partial charge in [-0.2, -0.15) is 68.3 Å². The Kier molecular flexibility index (Phi) is 34.0. The summed E-state index contributed by atoms with van der Waals surface area (Å²) in [6, 6.07) is 24.2. The molecular weight excluding hydrogens is 1740 g/mol. The van der Waals surface area contributed by atoms with Crippen LogP contribution in [-0.2, 0) is 129 Å². The zero-order valence-corrected chi connectivity index (χ0v) is 72.4. The summed E-state index contributed by atoms with van der Waals surface area (Å²) in [5, 5.41) is 5.21. The third-order valence-corrected chi connectivity index (χ3v) is 24.8. The van der Waals surface area contributed by atoms with Crippen molar-refractivity contribution in [1.82, 2.24) is 15.6 Å². The number of benzene rings is 6. The van der Waals surface area contributed by atoms with Gasteiger partial charge in [0.2, 0.25) is 17.5 Å². The fourth-order valence-electron chi connectivity index (χ4n) is 14.2. The van der Waals surface area contributed by atoms with Crippen LogP contribution in [0.3, 0.4) is 0 Å². The van der Waals surface area contributed by atoms with Crippen molar-refractivity contribution in [2.24, 2.45) is 5.73 Å². The van der Waals surface area contributed by atoms with Crippen molar-refractivity contribution in [2.45, 2.75) is 109 Å². The normalized spacial score (nSPS) is 15.0. The predicted octanol–water partition coefficient (Wildman–Crippen LogP) is 9.27. The second kappa shape index (κ2) is 42.6. The van der Waals surface area contributed by atoms with E-state index in [0.717, 1.165) is 23.8 Å². The first-order valence-electron chi connectivity index (χ1n) is 38.6. The summed E-state index contributed by atoms with van der Waals surface area (Å²) in [5.41, 5.74) is 5.97. The molecule has 0 atom stereocenters. The number of nitrogens with two attached hydrogens (primary N) is 1. The molecule has 2 aliphatic rings. The van der Waals surface area contributed by atoms with E-state index in [2.05, 4.69) is 15.6 Å². The number of halogens is 3. The molecule has 7 aromatic rings. The number of carbonyl (C=O) groups excluding carboxylic acids is 2. The molecule has 0 spiro atoms. The van der Waals surface area contributed by atoms with Crippen LogP contribution in [0.2, 0.25) is 0 Å². The summed E-state index contributed by atoms with van der Waals surface area (Å²) < 4.78 is 299. The van der Waals surface area contributed by atoms with E-state index in [4.69, 9.17) is 43.6 Å². The number of pyridine rings is 1. The molecule has 9 rings (SSSR count). The number of nitrogens with zero attached hydrogens (tertiary/aromatic N) is 3. The van der Waals surface area contributed by atoms with Crippen molar-refractivity contribution in [1.29, 1.82) is 0 Å². The highest BCUT2D eigenvalue weighted by Crippen LogP contribution is 2.53. The van der Waals surface area contributed by atoms with Gasteiger partial charge in [0.15, 0.2) is 5.71 Å². The molecule has 0 bridgehead atoms. The van der Waals surface area contributed by atoms with E-state index >= 15 is 0 Å². The highest BCUT2D eigenvalue weighted by atomic mass is 32.2. The highest BCUT2D eigenvalue weighted by Gasteiger charge is 2.47. The quantitative estimate of drug-likeness (QED) is 0.00742. The lowest BCUT2D eigenvalue weighted by Gasteiger charge is -2.27. The molecule has 0 radical (unpaired) electrons. The molecule has 0 aliphatic carbocycles. The number of nitrogens with one attached hydrogen (secondary N) is 2. The second-order valence-electron chi connectivity index (χ2n) is 29.4. The number of alkyl halides is 3. The minimum absolute atomic E-state index is 0.0325. The molecule has 672 valence electrons. The molecule has 43 heteroatoms. The number of anilines is 1. The summed E-state index contributed by atoms with van der Waals surface area (Å²) in [6.07, 6.45) is 3.29. The predicted molar refractivity (Wildman–Crippen MR) is 446 cm³/mol. The molecule has 0 unspecified atom stereocenters. The maximum atomic E-state index is 13.3. The molecule has 1 aromatic heterocycles. The van der Waals surface area contributed by atoms with Gasteiger partial charge in [-0.1, -0.05) is 56.3 Å². The number of hydrogen-bond donors (Lipinski definition) is 9. The van der Waals surface area contributed by atoms with Crippen LogP contribution < -0.4 is 26.0 Å². The second-order valence-corrected chi connectivity index (χ2v) is 38.2. The summed E-state index contributed by atoms with van der Waals surface area (Å²) >= 11 is 0. The maximum absolute atomic E-state index is 13.3. The molecule has 0 saturated carbocycles. The number of fused-ring (bicyclic) bond motifs is 6. The van der Waals surface area contributed by atoms with Crippen molar-refractivity contribution in [3.05, 3.63) is 178 Å². The summed E-state index contributed by atoms with van der Waals surface area (Å²) in [4.78, 5) is 27.5. The summed E-state index contributed by atoms with van der Waals surface area (Å²) in [7, 11) is -29.7. The van der Waals surface area contributed by atoms with Crippen molar-refractivity contribution in [3.8, 4) is 11.6 Å². The van der Waals surface area contributed by atoms with Crippen LogP contribution in [0.25, 0.3) is 27.1 Å². The summed E-state index contributed by atoms with van der Waals surface area (Å²) in [6.45, 7) is 10.9. The number of rotatable bonds is 49. The van der Waals surface area contributed by atoms with E-state index in [1.165, 1.54) is 54.6 Å². The Balaban J connectivity index is 0.750. The van der Waals surface area contributed by atoms with Crippen molar-refractivity contribution in [2.75, 3.05) is 135 Å². The largest absolute Gasteiger partial charge is 0.439 e. The lowest BCUT2D eigenvalue weighted by atomic mass is 9.78. The van der Waals surface area contributed by atoms with Crippen LogP contribution >= 0.6 is 0 Å². The highest BCUT2D eigenvalue weighted by molar-refractivity contribution is 7.87. The van der Waals surface area contributed by atoms with Gasteiger partial charge in [0.05, 0.1) is 119 Å². The van der Waals surface area contributed by atoms with Crippen LogP contribution in [0.4, 0.5) is 24.5 Å². The fourth-order valence-corrected chi connectivity index (χ4v) is 17.9. The smallest absolute Gasteiger partial charge is 0.433 e. The van der Waals surface area contributed by atoms with Gasteiger partial charge in [0.25, 0.3) is 66.6 Å². The topological polar surface area (TPSA) is 503 Å². The van der Waals surface area contributed by atoms with Crippen molar-refractivity contribution >= 4 is 117 Å². The van der Waals surface area contributed by atoms with Gasteiger partial charge in [-0.05, 0) is 151 Å². The molecule has 0 saturated heterocycles. The fraction of sp³-hybridized carbons (Fsp3) is 0.425. The van der Waals surface area contributed by atoms with E-state index in [1.54, 1.807) is 73.6 Å². The SMILES string of the molecule is CC1(C)C(=CC=C(C=CC2=[N+](CCCS(=O)(=O)O)c3ccc4c(S(=O)(=O)O)cc(S(=O)(=O)O)cc4c3C2(C)C)c2cccc(CCCCC(=O)NCCOCCOCCOCCOCCOCCOCCOCCNC(=O)c3cccc(Oc4cc(CN)cc(C(F)(F)F)n4)c3)c2)N(CCCS(=O)(=O)O)c2ccc3c(S(=O)(=O)O)cc(S(=O)(=O)O)cc3c21. The van der Waals surface area contributed by atoms with Crippen molar-refractivity contribution < 1.29 is 143 Å². The average molecular weight is 1840 g/mol. The molecule has 10 N–H and O–H groups in total. The van der Waals surface area contributed by atoms with Crippen LogP contribution in [0, 0.1) is 0 Å². The Labute approximate surface area is 711 Å². The van der Waals surface area contributed by atoms with E-state index in [9.17, 15) is 101 Å². The zero-order valence-electron chi connectivity index (χ0n) is 67.5. The van der Waals surface area contributed by atoms with Gasteiger partial charge in [-0.3, -0.25) is 36.9 Å². The zero-order chi connectivity index (χ0) is 89.9. The van der Waals surface area contributed by atoms with Gasteiger partial charge in [-0.15, -0.1) is 0 Å². The number of aryl methyl sites for hydroxylation is 1. The van der Waals surface area contributed by atoms with Crippen LogP contribution in [0.1, 0.15) is 104 Å². The first kappa shape index (κ1) is 98.1. The minimum Gasteiger partial charge on any atom is -0.439 e. The van der Waals surface area contributed by atoms with Gasteiger partial charge in [-0.25, -0.2) is 4.98 Å². The number of allylic oxidation sites excluding steroid dienone is 6. The monoisotopic (exact) mass is 1840 g/mol. The Morgan fingerprint density at radius 1 is 0.537 bits per heavy atom. The third kappa shape index (κ3) is 27.9. The number of hydrogen-bond acceptors (Lipinski definition) is 25. The van der Waals surface area contributed by atoms with E-state index in [1.807, 2.05) is 12.1 Å². The molecular formula is C80H98F3N6O28S6+. The van der Waals surface area contributed by atoms with Gasteiger partial charge >= 0.3 is 6.18 Å². The lowest BCUT2D eigenvalue weighted by Crippen LogP contribution is -2.28. The van der Waals surface area contributed by atoms with Crippen LogP contribution in [-0.4, -0.2) is 235 Å². The Morgan fingerprint density at radius 3 is 1.58 bits per heavy atom. The molecule has 2 amide bonds. The van der Waals surface area contributed by atoms with E-state index < -0.39 is 120 Å².